The first-order valence-electron chi connectivity index (χ1n) is 8.31. The molecule has 0 aliphatic heterocycles. The molecule has 2 aliphatic rings. The summed E-state index contributed by atoms with van der Waals surface area (Å²) in [6, 6.07) is 0.591. The Morgan fingerprint density at radius 3 is 2.70 bits per heavy atom. The van der Waals surface area contributed by atoms with Gasteiger partial charge >= 0.3 is 0 Å². The third-order valence-corrected chi connectivity index (χ3v) is 5.04. The minimum atomic E-state index is -0.378. The van der Waals surface area contributed by atoms with Crippen LogP contribution in [0.1, 0.15) is 46.0 Å². The molecule has 0 aromatic carbocycles. The van der Waals surface area contributed by atoms with Crippen molar-refractivity contribution in [2.45, 2.75) is 58.1 Å². The summed E-state index contributed by atoms with van der Waals surface area (Å²) in [7, 11) is 0. The van der Waals surface area contributed by atoms with E-state index in [1.54, 1.807) is 0 Å². The third-order valence-electron chi connectivity index (χ3n) is 5.04. The molecule has 1 saturated carbocycles. The third kappa shape index (κ3) is 4.87. The van der Waals surface area contributed by atoms with Crippen LogP contribution in [0, 0.1) is 17.8 Å². The predicted molar refractivity (Wildman–Crippen MR) is 82.7 cm³/mol. The summed E-state index contributed by atoms with van der Waals surface area (Å²) < 4.78 is 5.72. The number of allylic oxidation sites excluding steroid dienone is 2. The van der Waals surface area contributed by atoms with Gasteiger partial charge in [0.15, 0.2) is 0 Å². The summed E-state index contributed by atoms with van der Waals surface area (Å²) in [4.78, 5) is 0. The fourth-order valence-corrected chi connectivity index (χ4v) is 3.39. The van der Waals surface area contributed by atoms with E-state index < -0.39 is 0 Å². The second-order valence-electron chi connectivity index (χ2n) is 6.79. The van der Waals surface area contributed by atoms with Crippen molar-refractivity contribution in [3.63, 3.8) is 0 Å². The minimum absolute atomic E-state index is 0.378. The average Bonchev–Trinajstić information content (AvgIpc) is 2.84. The minimum Gasteiger partial charge on any atom is -0.389 e. The van der Waals surface area contributed by atoms with E-state index >= 15 is 0 Å². The van der Waals surface area contributed by atoms with Gasteiger partial charge in [-0.1, -0.05) is 32.4 Å². The van der Waals surface area contributed by atoms with Gasteiger partial charge in [-0.25, -0.2) is 0 Å². The first-order chi connectivity index (χ1) is 9.66. The highest BCUT2D eigenvalue weighted by molar-refractivity contribution is 4.93. The van der Waals surface area contributed by atoms with E-state index in [9.17, 15) is 5.11 Å². The maximum absolute atomic E-state index is 9.99. The Kier molecular flexibility index (Phi) is 6.53. The maximum atomic E-state index is 9.99. The van der Waals surface area contributed by atoms with Gasteiger partial charge in [0.25, 0.3) is 0 Å². The van der Waals surface area contributed by atoms with Gasteiger partial charge in [0.05, 0.1) is 19.3 Å². The van der Waals surface area contributed by atoms with Crippen LogP contribution in [-0.4, -0.2) is 37.0 Å². The Balaban J connectivity index is 1.55. The van der Waals surface area contributed by atoms with Gasteiger partial charge < -0.3 is 15.2 Å². The van der Waals surface area contributed by atoms with Crippen molar-refractivity contribution in [2.24, 2.45) is 17.8 Å². The molecule has 5 unspecified atom stereocenters. The van der Waals surface area contributed by atoms with Crippen LogP contribution in [0.25, 0.3) is 0 Å². The topological polar surface area (TPSA) is 41.5 Å². The molecule has 0 spiro atoms. The number of aliphatic hydroxyl groups excluding tert-OH is 1. The molecule has 2 N–H and O–H groups in total. The number of rotatable bonds is 7. The van der Waals surface area contributed by atoms with E-state index in [0.717, 1.165) is 25.4 Å². The molecular weight excluding hydrogens is 250 g/mol. The van der Waals surface area contributed by atoms with Crippen molar-refractivity contribution in [3.05, 3.63) is 12.2 Å². The van der Waals surface area contributed by atoms with Crippen molar-refractivity contribution in [3.8, 4) is 0 Å². The Hall–Kier alpha value is -0.380. The highest BCUT2D eigenvalue weighted by Crippen LogP contribution is 2.25. The average molecular weight is 281 g/mol. The SMILES string of the molecule is CC1CC=CCC1COCC(O)CNC1CCCC1C. The van der Waals surface area contributed by atoms with Crippen LogP contribution in [0.3, 0.4) is 0 Å². The summed E-state index contributed by atoms with van der Waals surface area (Å²) in [5.74, 6) is 2.07. The molecule has 0 amide bonds. The number of nitrogens with one attached hydrogen (secondary N) is 1. The first-order valence-corrected chi connectivity index (χ1v) is 8.31. The molecule has 5 atom stereocenters. The smallest absolute Gasteiger partial charge is 0.0897 e. The van der Waals surface area contributed by atoms with Crippen LogP contribution < -0.4 is 5.32 Å². The summed E-state index contributed by atoms with van der Waals surface area (Å²) in [5, 5.41) is 13.5. The highest BCUT2D eigenvalue weighted by Gasteiger charge is 2.23. The van der Waals surface area contributed by atoms with Crippen molar-refractivity contribution in [2.75, 3.05) is 19.8 Å². The molecular formula is C17H31NO2. The van der Waals surface area contributed by atoms with Crippen LogP contribution in [0.2, 0.25) is 0 Å². The molecule has 3 nitrogen and oxygen atoms in total. The second-order valence-corrected chi connectivity index (χ2v) is 6.79. The lowest BCUT2D eigenvalue weighted by atomic mass is 9.85. The molecule has 0 bridgehead atoms. The van der Waals surface area contributed by atoms with Gasteiger partial charge in [-0.2, -0.15) is 0 Å². The molecule has 3 heteroatoms. The largest absolute Gasteiger partial charge is 0.389 e. The van der Waals surface area contributed by atoms with Crippen LogP contribution >= 0.6 is 0 Å². The second kappa shape index (κ2) is 8.16. The zero-order valence-corrected chi connectivity index (χ0v) is 13.1. The lowest BCUT2D eigenvalue weighted by Crippen LogP contribution is -2.39. The van der Waals surface area contributed by atoms with Crippen molar-refractivity contribution < 1.29 is 9.84 Å². The quantitative estimate of drug-likeness (QED) is 0.705. The molecule has 0 aromatic rings. The van der Waals surface area contributed by atoms with Gasteiger partial charge in [0.2, 0.25) is 0 Å². The molecule has 0 aromatic heterocycles. The van der Waals surface area contributed by atoms with E-state index in [0.29, 0.717) is 31.0 Å². The van der Waals surface area contributed by atoms with Crippen LogP contribution in [0.5, 0.6) is 0 Å². The summed E-state index contributed by atoms with van der Waals surface area (Å²) in [6.07, 6.45) is 10.3. The standard InChI is InChI=1S/C17H31NO2/c1-13-6-3-4-8-15(13)11-20-12-16(19)10-18-17-9-5-7-14(17)2/h3-4,13-19H,5-12H2,1-2H3. The van der Waals surface area contributed by atoms with Crippen LogP contribution in [0.4, 0.5) is 0 Å². The lowest BCUT2D eigenvalue weighted by Gasteiger charge is -2.26. The fraction of sp³-hybridized carbons (Fsp3) is 0.882. The Morgan fingerprint density at radius 2 is 2.00 bits per heavy atom. The summed E-state index contributed by atoms with van der Waals surface area (Å²) >= 11 is 0. The molecule has 1 fully saturated rings. The highest BCUT2D eigenvalue weighted by atomic mass is 16.5. The molecule has 20 heavy (non-hydrogen) atoms. The van der Waals surface area contributed by atoms with E-state index in [4.69, 9.17) is 4.74 Å². The molecule has 116 valence electrons. The molecule has 2 aliphatic carbocycles. The number of hydrogen-bond acceptors (Lipinski definition) is 3. The Labute approximate surface area is 123 Å². The molecule has 0 heterocycles. The van der Waals surface area contributed by atoms with Crippen molar-refractivity contribution >= 4 is 0 Å². The Bertz CT molecular complexity index is 305. The maximum Gasteiger partial charge on any atom is 0.0897 e. The zero-order valence-electron chi connectivity index (χ0n) is 13.1. The van der Waals surface area contributed by atoms with E-state index in [1.165, 1.54) is 19.3 Å². The predicted octanol–water partition coefficient (Wildman–Crippen LogP) is 2.74. The van der Waals surface area contributed by atoms with E-state index in [-0.39, 0.29) is 6.10 Å². The van der Waals surface area contributed by atoms with Crippen LogP contribution in [-0.2, 0) is 4.74 Å². The van der Waals surface area contributed by atoms with Gasteiger partial charge in [-0.05, 0) is 43.4 Å². The van der Waals surface area contributed by atoms with Crippen LogP contribution in [0.15, 0.2) is 12.2 Å². The van der Waals surface area contributed by atoms with Crippen molar-refractivity contribution in [1.29, 1.82) is 0 Å². The van der Waals surface area contributed by atoms with E-state index in [1.807, 2.05) is 0 Å². The van der Waals surface area contributed by atoms with E-state index in [2.05, 4.69) is 31.3 Å². The number of hydrogen-bond donors (Lipinski definition) is 2. The number of aliphatic hydroxyl groups is 1. The number of ether oxygens (including phenoxy) is 1. The Morgan fingerprint density at radius 1 is 1.20 bits per heavy atom. The lowest BCUT2D eigenvalue weighted by molar-refractivity contribution is 0.0115. The molecule has 0 radical (unpaired) electrons. The van der Waals surface area contributed by atoms with Gasteiger partial charge in [-0.15, -0.1) is 0 Å². The monoisotopic (exact) mass is 281 g/mol. The van der Waals surface area contributed by atoms with Gasteiger partial charge in [0.1, 0.15) is 0 Å². The van der Waals surface area contributed by atoms with Crippen molar-refractivity contribution in [1.82, 2.24) is 5.32 Å². The first kappa shape index (κ1) is 16.0. The summed E-state index contributed by atoms with van der Waals surface area (Å²) in [6.45, 7) is 6.49. The fourth-order valence-electron chi connectivity index (χ4n) is 3.39. The zero-order chi connectivity index (χ0) is 14.4. The molecule has 2 rings (SSSR count). The van der Waals surface area contributed by atoms with Gasteiger partial charge in [0, 0.05) is 12.6 Å². The van der Waals surface area contributed by atoms with Gasteiger partial charge in [-0.3, -0.25) is 0 Å². The normalized spacial score (nSPS) is 35.4. The summed E-state index contributed by atoms with van der Waals surface area (Å²) in [5.41, 5.74) is 0. The molecule has 0 saturated heterocycles.